The molecule has 0 unspecified atom stereocenters. The molecule has 1 aliphatic rings. The highest BCUT2D eigenvalue weighted by Gasteiger charge is 2.43. The van der Waals surface area contributed by atoms with E-state index in [0.717, 1.165) is 0 Å². The van der Waals surface area contributed by atoms with E-state index < -0.39 is 37.3 Å². The second-order valence-electron chi connectivity index (χ2n) is 5.02. The molecule has 0 spiro atoms. The SMILES string of the molecule is COc1nc(N[C@H]2O[C@@H](CO)[C@@H](O)[C@@H](O)[C@H]2O)c(I)c(=O)n1C. The van der Waals surface area contributed by atoms with Gasteiger partial charge in [0.05, 0.1) is 13.7 Å². The van der Waals surface area contributed by atoms with Crippen LogP contribution in [-0.4, -0.2) is 74.3 Å². The third kappa shape index (κ3) is 3.44. The summed E-state index contributed by atoms with van der Waals surface area (Å²) in [6.07, 6.45) is -6.71. The maximum absolute atomic E-state index is 12.1. The summed E-state index contributed by atoms with van der Waals surface area (Å²) in [6, 6.07) is 0.0440. The molecule has 0 radical (unpaired) electrons. The smallest absolute Gasteiger partial charge is 0.300 e. The highest BCUT2D eigenvalue weighted by Crippen LogP contribution is 2.24. The Morgan fingerprint density at radius 1 is 1.35 bits per heavy atom. The Labute approximate surface area is 144 Å². The van der Waals surface area contributed by atoms with Crippen LogP contribution in [0.4, 0.5) is 5.82 Å². The van der Waals surface area contributed by atoms with Crippen LogP contribution in [0.15, 0.2) is 4.79 Å². The van der Waals surface area contributed by atoms with E-state index in [2.05, 4.69) is 10.3 Å². The first-order valence-electron chi connectivity index (χ1n) is 6.69. The number of hydrogen-bond acceptors (Lipinski definition) is 9. The summed E-state index contributed by atoms with van der Waals surface area (Å²) in [7, 11) is 2.85. The van der Waals surface area contributed by atoms with E-state index in [9.17, 15) is 25.2 Å². The van der Waals surface area contributed by atoms with E-state index in [1.807, 2.05) is 0 Å². The van der Waals surface area contributed by atoms with Crippen molar-refractivity contribution in [2.24, 2.45) is 7.05 Å². The lowest BCUT2D eigenvalue weighted by molar-refractivity contribution is -0.221. The molecule has 0 bridgehead atoms. The quantitative estimate of drug-likeness (QED) is 0.322. The van der Waals surface area contributed by atoms with Crippen LogP contribution < -0.4 is 15.6 Å². The van der Waals surface area contributed by atoms with Crippen molar-refractivity contribution in [2.75, 3.05) is 19.0 Å². The minimum absolute atomic E-state index is 0.0440. The van der Waals surface area contributed by atoms with E-state index in [1.54, 1.807) is 22.6 Å². The molecule has 1 fully saturated rings. The molecule has 5 N–H and O–H groups in total. The molecular formula is C12H18IN3O7. The first-order chi connectivity index (χ1) is 10.8. The molecule has 1 aromatic rings. The van der Waals surface area contributed by atoms with Gasteiger partial charge in [-0.25, -0.2) is 0 Å². The number of methoxy groups -OCH3 is 1. The summed E-state index contributed by atoms with van der Waals surface area (Å²) in [5.41, 5.74) is -0.371. The maximum atomic E-state index is 12.1. The number of halogens is 1. The molecular weight excluding hydrogens is 425 g/mol. The van der Waals surface area contributed by atoms with Gasteiger partial charge in [-0.3, -0.25) is 9.36 Å². The van der Waals surface area contributed by atoms with Crippen molar-refractivity contribution >= 4 is 28.4 Å². The lowest BCUT2D eigenvalue weighted by Crippen LogP contribution is -2.60. The second kappa shape index (κ2) is 7.27. The highest BCUT2D eigenvalue weighted by atomic mass is 127. The summed E-state index contributed by atoms with van der Waals surface area (Å²) in [5.74, 6) is 0.0925. The average Bonchev–Trinajstić information content (AvgIpc) is 2.55. The van der Waals surface area contributed by atoms with Crippen LogP contribution in [-0.2, 0) is 11.8 Å². The summed E-state index contributed by atoms with van der Waals surface area (Å²) in [4.78, 5) is 16.2. The predicted octanol–water partition coefficient (Wildman–Crippen LogP) is -2.39. The fraction of sp³-hybridized carbons (Fsp3) is 0.667. The minimum Gasteiger partial charge on any atom is -0.468 e. The molecule has 5 atom stereocenters. The molecule has 2 heterocycles. The van der Waals surface area contributed by atoms with Gasteiger partial charge in [0.25, 0.3) is 5.56 Å². The third-order valence-electron chi connectivity index (χ3n) is 3.55. The van der Waals surface area contributed by atoms with Gasteiger partial charge in [0.15, 0.2) is 12.0 Å². The van der Waals surface area contributed by atoms with E-state index in [1.165, 1.54) is 18.7 Å². The van der Waals surface area contributed by atoms with Crippen LogP contribution in [0.1, 0.15) is 0 Å². The molecule has 130 valence electrons. The van der Waals surface area contributed by atoms with Crippen LogP contribution in [0, 0.1) is 3.57 Å². The number of anilines is 1. The van der Waals surface area contributed by atoms with Crippen molar-refractivity contribution in [1.82, 2.24) is 9.55 Å². The van der Waals surface area contributed by atoms with Crippen molar-refractivity contribution in [1.29, 1.82) is 0 Å². The van der Waals surface area contributed by atoms with Crippen molar-refractivity contribution in [3.63, 3.8) is 0 Å². The Morgan fingerprint density at radius 3 is 2.57 bits per heavy atom. The van der Waals surface area contributed by atoms with Crippen LogP contribution in [0.2, 0.25) is 0 Å². The monoisotopic (exact) mass is 443 g/mol. The Bertz CT molecular complexity index is 623. The van der Waals surface area contributed by atoms with E-state index >= 15 is 0 Å². The van der Waals surface area contributed by atoms with Crippen LogP contribution in [0.5, 0.6) is 6.01 Å². The van der Waals surface area contributed by atoms with Crippen molar-refractivity contribution in [3.8, 4) is 6.01 Å². The molecule has 0 aromatic carbocycles. The average molecular weight is 443 g/mol. The first-order valence-corrected chi connectivity index (χ1v) is 7.77. The molecule has 1 saturated heterocycles. The van der Waals surface area contributed by atoms with Crippen LogP contribution >= 0.6 is 22.6 Å². The summed E-state index contributed by atoms with van der Waals surface area (Å²) in [6.45, 7) is -0.548. The van der Waals surface area contributed by atoms with E-state index in [4.69, 9.17) is 9.47 Å². The number of nitrogens with zero attached hydrogens (tertiary/aromatic N) is 2. The molecule has 0 aliphatic carbocycles. The van der Waals surface area contributed by atoms with Gasteiger partial charge in [-0.05, 0) is 22.6 Å². The third-order valence-corrected chi connectivity index (χ3v) is 4.52. The lowest BCUT2D eigenvalue weighted by atomic mass is 9.98. The Hall–Kier alpha value is -0.990. The van der Waals surface area contributed by atoms with Gasteiger partial charge < -0.3 is 35.2 Å². The first kappa shape index (κ1) is 18.4. The van der Waals surface area contributed by atoms with Gasteiger partial charge in [-0.1, -0.05) is 0 Å². The number of hydrogen-bond donors (Lipinski definition) is 5. The Morgan fingerprint density at radius 2 is 2.00 bits per heavy atom. The molecule has 2 rings (SSSR count). The molecule has 23 heavy (non-hydrogen) atoms. The zero-order chi connectivity index (χ0) is 17.3. The van der Waals surface area contributed by atoms with Crippen LogP contribution in [0.3, 0.4) is 0 Å². The topological polar surface area (TPSA) is 146 Å². The van der Waals surface area contributed by atoms with Crippen molar-refractivity contribution in [2.45, 2.75) is 30.6 Å². The van der Waals surface area contributed by atoms with Crippen LogP contribution in [0.25, 0.3) is 0 Å². The zero-order valence-corrected chi connectivity index (χ0v) is 14.5. The maximum Gasteiger partial charge on any atom is 0.300 e. The summed E-state index contributed by atoms with van der Waals surface area (Å²) in [5, 5.41) is 41.4. The van der Waals surface area contributed by atoms with Crippen molar-refractivity contribution < 1.29 is 29.9 Å². The van der Waals surface area contributed by atoms with Gasteiger partial charge in [0.1, 0.15) is 28.0 Å². The van der Waals surface area contributed by atoms with E-state index in [-0.39, 0.29) is 21.0 Å². The minimum atomic E-state index is -1.52. The lowest BCUT2D eigenvalue weighted by Gasteiger charge is -2.40. The summed E-state index contributed by atoms with van der Waals surface area (Å²) < 4.78 is 11.7. The molecule has 10 nitrogen and oxygen atoms in total. The normalized spacial score (nSPS) is 31.0. The van der Waals surface area contributed by atoms with Gasteiger partial charge >= 0.3 is 6.01 Å². The summed E-state index contributed by atoms with van der Waals surface area (Å²) >= 11 is 1.78. The predicted molar refractivity (Wildman–Crippen MR) is 86.1 cm³/mol. The van der Waals surface area contributed by atoms with Gasteiger partial charge in [0, 0.05) is 7.05 Å². The molecule has 0 saturated carbocycles. The largest absolute Gasteiger partial charge is 0.468 e. The molecule has 1 aromatic heterocycles. The Balaban J connectivity index is 2.31. The fourth-order valence-electron chi connectivity index (χ4n) is 2.19. The number of aromatic nitrogens is 2. The molecule has 0 amide bonds. The van der Waals surface area contributed by atoms with Gasteiger partial charge in [0.2, 0.25) is 0 Å². The second-order valence-corrected chi connectivity index (χ2v) is 6.10. The standard InChI is InChI=1S/C12H18IN3O7/c1-16-11(21)5(13)9(15-12(16)22-2)14-10-8(20)7(19)6(18)4(3-17)23-10/h4,6-8,10,14,17-20H,3H2,1-2H3/t4-,6+,7+,8+,10-/m0/s1. The number of aliphatic hydroxyl groups excluding tert-OH is 4. The Kier molecular flexibility index (Phi) is 5.80. The van der Waals surface area contributed by atoms with Crippen molar-refractivity contribution in [3.05, 3.63) is 13.9 Å². The molecule has 1 aliphatic heterocycles. The number of aliphatic hydroxyl groups is 4. The van der Waals surface area contributed by atoms with Gasteiger partial charge in [-0.2, -0.15) is 4.98 Å². The number of nitrogens with one attached hydrogen (secondary N) is 1. The van der Waals surface area contributed by atoms with Gasteiger partial charge in [-0.15, -0.1) is 0 Å². The number of ether oxygens (including phenoxy) is 2. The molecule has 11 heteroatoms. The number of rotatable bonds is 4. The van der Waals surface area contributed by atoms with E-state index in [0.29, 0.717) is 0 Å². The fourth-order valence-corrected chi connectivity index (χ4v) is 2.83. The highest BCUT2D eigenvalue weighted by molar-refractivity contribution is 14.1. The zero-order valence-electron chi connectivity index (χ0n) is 12.4.